The minimum Gasteiger partial charge on any atom is -0.480 e. The van der Waals surface area contributed by atoms with Gasteiger partial charge < -0.3 is 20.7 Å². The van der Waals surface area contributed by atoms with Gasteiger partial charge in [-0.3, -0.25) is 19.2 Å². The van der Waals surface area contributed by atoms with Crippen molar-refractivity contribution in [3.05, 3.63) is 108 Å². The molecule has 1 unspecified atom stereocenters. The summed E-state index contributed by atoms with van der Waals surface area (Å²) in [6.45, 7) is 5.08. The number of carboxylic acid groups (broad SMARTS) is 1. The molecule has 45 heavy (non-hydrogen) atoms. The van der Waals surface area contributed by atoms with Gasteiger partial charge in [-0.25, -0.2) is 4.79 Å². The molecule has 4 rings (SSSR count). The Bertz CT molecular complexity index is 1600. The molecule has 0 saturated carbocycles. The van der Waals surface area contributed by atoms with E-state index in [0.29, 0.717) is 11.1 Å². The van der Waals surface area contributed by atoms with E-state index < -0.39 is 40.4 Å². The Balaban J connectivity index is 1.49. The van der Waals surface area contributed by atoms with Crippen LogP contribution in [0.1, 0.15) is 47.1 Å². The lowest BCUT2D eigenvalue weighted by atomic mass is 10.0. The number of rotatable bonds is 13. The number of benzene rings is 3. The van der Waals surface area contributed by atoms with E-state index in [-0.39, 0.29) is 22.6 Å². The Kier molecular flexibility index (Phi) is 11.6. The van der Waals surface area contributed by atoms with Gasteiger partial charge in [0.1, 0.15) is 12.1 Å². The highest BCUT2D eigenvalue weighted by molar-refractivity contribution is 8.30. The van der Waals surface area contributed by atoms with Crippen LogP contribution < -0.4 is 10.6 Å². The summed E-state index contributed by atoms with van der Waals surface area (Å²) in [6.07, 6.45) is 1.76. The van der Waals surface area contributed by atoms with Gasteiger partial charge in [-0.1, -0.05) is 123 Å². The molecule has 3 aromatic carbocycles. The average molecular weight is 646 g/mol. The smallest absolute Gasteiger partial charge is 0.326 e. The topological polar surface area (TPSA) is 145 Å². The van der Waals surface area contributed by atoms with Crippen LogP contribution in [0.2, 0.25) is 0 Å². The van der Waals surface area contributed by atoms with Crippen LogP contribution >= 0.6 is 23.5 Å². The molecule has 3 atom stereocenters. The number of carbonyl (C=O) groups is 5. The Morgan fingerprint density at radius 1 is 0.733 bits per heavy atom. The van der Waals surface area contributed by atoms with Crippen LogP contribution in [0.5, 0.6) is 0 Å². The summed E-state index contributed by atoms with van der Waals surface area (Å²) in [5.74, 6) is -3.66. The number of aromatic nitrogens is 1. The number of hydrogen-bond donors (Lipinski definition) is 4. The zero-order valence-corrected chi connectivity index (χ0v) is 26.7. The molecule has 0 fully saturated rings. The molecule has 2 amide bonds. The molecule has 1 aromatic heterocycles. The van der Waals surface area contributed by atoms with Crippen molar-refractivity contribution < 1.29 is 29.1 Å². The van der Waals surface area contributed by atoms with Gasteiger partial charge in [0.05, 0.1) is 10.5 Å². The van der Waals surface area contributed by atoms with Crippen LogP contribution in [-0.2, 0) is 20.8 Å². The molecule has 4 aromatic rings. The second-order valence-corrected chi connectivity index (χ2v) is 13.4. The van der Waals surface area contributed by atoms with Gasteiger partial charge >= 0.3 is 5.97 Å². The molecule has 1 heterocycles. The van der Waals surface area contributed by atoms with Crippen molar-refractivity contribution in [2.75, 3.05) is 0 Å². The minimum absolute atomic E-state index is 0.0405. The van der Waals surface area contributed by atoms with Crippen molar-refractivity contribution in [2.45, 2.75) is 43.9 Å². The first-order valence-electron chi connectivity index (χ1n) is 14.5. The number of para-hydroxylation sites is 1. The molecule has 0 radical (unpaired) electrons. The maximum Gasteiger partial charge on any atom is 0.326 e. The maximum atomic E-state index is 13.6. The lowest BCUT2D eigenvalue weighted by Crippen LogP contribution is -2.55. The summed E-state index contributed by atoms with van der Waals surface area (Å²) in [7, 11) is 0. The fourth-order valence-corrected chi connectivity index (χ4v) is 6.99. The Labute approximate surface area is 269 Å². The van der Waals surface area contributed by atoms with Gasteiger partial charge in [0.25, 0.3) is 0 Å². The van der Waals surface area contributed by atoms with Crippen molar-refractivity contribution in [1.82, 2.24) is 15.6 Å². The Morgan fingerprint density at radius 3 is 1.80 bits per heavy atom. The standard InChI is InChI=1S/C34H35N3O6S2/c1-20(2)28(30(39)36-27(31(40)41)18-24-19-35-26-17-11-10-16-25(24)26)37-29(38)21(3)34(44-32(42)22-12-6-4-7-13-22)45-33(43)23-14-8-5-9-15-23/h4-17,19-21,27-28,34-35H,18H2,1-3H3,(H,36,39)(H,37,38)(H,40,41)/t21?,27-,28-/m0/s1. The van der Waals surface area contributed by atoms with Crippen molar-refractivity contribution in [3.8, 4) is 0 Å². The number of thioether (sulfide) groups is 2. The molecule has 0 saturated heterocycles. The maximum absolute atomic E-state index is 13.6. The van der Waals surface area contributed by atoms with Crippen LogP contribution in [0.25, 0.3) is 10.9 Å². The number of amides is 2. The number of fused-ring (bicyclic) bond motifs is 1. The summed E-state index contributed by atoms with van der Waals surface area (Å²) >= 11 is 1.76. The normalized spacial score (nSPS) is 13.3. The fraction of sp³-hybridized carbons (Fsp3) is 0.265. The quantitative estimate of drug-likeness (QED) is 0.139. The van der Waals surface area contributed by atoms with E-state index in [1.807, 2.05) is 24.3 Å². The number of aromatic amines is 1. The monoisotopic (exact) mass is 645 g/mol. The van der Waals surface area contributed by atoms with Gasteiger partial charge in [-0.2, -0.15) is 0 Å². The van der Waals surface area contributed by atoms with E-state index in [4.69, 9.17) is 0 Å². The second kappa shape index (κ2) is 15.6. The highest BCUT2D eigenvalue weighted by Gasteiger charge is 2.35. The summed E-state index contributed by atoms with van der Waals surface area (Å²) in [5, 5.41) is 15.5. The van der Waals surface area contributed by atoms with Gasteiger partial charge in [0, 0.05) is 34.6 Å². The van der Waals surface area contributed by atoms with Crippen LogP contribution in [0.3, 0.4) is 0 Å². The minimum atomic E-state index is -1.24. The molecule has 9 nitrogen and oxygen atoms in total. The van der Waals surface area contributed by atoms with Crippen molar-refractivity contribution in [1.29, 1.82) is 0 Å². The highest BCUT2D eigenvalue weighted by Crippen LogP contribution is 2.35. The predicted molar refractivity (Wildman–Crippen MR) is 178 cm³/mol. The summed E-state index contributed by atoms with van der Waals surface area (Å²) in [5.41, 5.74) is 2.45. The number of carboxylic acids is 1. The average Bonchev–Trinajstić information content (AvgIpc) is 3.45. The van der Waals surface area contributed by atoms with Crippen LogP contribution in [0.4, 0.5) is 0 Å². The Hall–Kier alpha value is -4.35. The number of carbonyl (C=O) groups excluding carboxylic acids is 4. The molecule has 0 bridgehead atoms. The highest BCUT2D eigenvalue weighted by atomic mass is 32.2. The number of nitrogens with one attached hydrogen (secondary N) is 3. The van der Waals surface area contributed by atoms with Gasteiger partial charge in [-0.15, -0.1) is 0 Å². The van der Waals surface area contributed by atoms with Gasteiger partial charge in [0.2, 0.25) is 22.0 Å². The van der Waals surface area contributed by atoms with Gasteiger partial charge in [0.15, 0.2) is 0 Å². The van der Waals surface area contributed by atoms with Gasteiger partial charge in [-0.05, 0) is 17.5 Å². The third-order valence-corrected chi connectivity index (χ3v) is 10.0. The molecular formula is C34H35N3O6S2. The first kappa shape index (κ1) is 33.5. The van der Waals surface area contributed by atoms with Crippen LogP contribution in [0.15, 0.2) is 91.1 Å². The predicted octanol–water partition coefficient (Wildman–Crippen LogP) is 5.53. The first-order valence-corrected chi connectivity index (χ1v) is 16.2. The molecule has 0 aliphatic heterocycles. The van der Waals surface area contributed by atoms with E-state index in [0.717, 1.165) is 40.0 Å². The lowest BCUT2D eigenvalue weighted by molar-refractivity contribution is -0.142. The molecule has 0 spiro atoms. The number of aliphatic carboxylic acids is 1. The molecule has 234 valence electrons. The van der Waals surface area contributed by atoms with Crippen LogP contribution in [-0.4, -0.2) is 54.8 Å². The van der Waals surface area contributed by atoms with Crippen molar-refractivity contribution in [2.24, 2.45) is 11.8 Å². The van der Waals surface area contributed by atoms with Crippen molar-refractivity contribution in [3.63, 3.8) is 0 Å². The van der Waals surface area contributed by atoms with E-state index in [2.05, 4.69) is 15.6 Å². The van der Waals surface area contributed by atoms with Crippen LogP contribution in [0, 0.1) is 11.8 Å². The fourth-order valence-electron chi connectivity index (χ4n) is 4.65. The summed E-state index contributed by atoms with van der Waals surface area (Å²) in [6, 6.07) is 22.3. The van der Waals surface area contributed by atoms with E-state index in [9.17, 15) is 29.1 Å². The molecule has 0 aliphatic rings. The Morgan fingerprint density at radius 2 is 1.27 bits per heavy atom. The second-order valence-electron chi connectivity index (χ2n) is 10.9. The zero-order chi connectivity index (χ0) is 32.5. The number of H-pyrrole nitrogens is 1. The van der Waals surface area contributed by atoms with E-state index in [1.54, 1.807) is 87.6 Å². The molecule has 0 aliphatic carbocycles. The third-order valence-electron chi connectivity index (χ3n) is 7.25. The van der Waals surface area contributed by atoms with E-state index >= 15 is 0 Å². The number of hydrogen-bond acceptors (Lipinski definition) is 7. The van der Waals surface area contributed by atoms with E-state index in [1.165, 1.54) is 0 Å². The third kappa shape index (κ3) is 8.86. The SMILES string of the molecule is CC(C(=O)N[C@H](C(=O)N[C@@H](Cc1c[nH]c2ccccc12)C(=O)O)C(C)C)C(SC(=O)c1ccccc1)SC(=O)c1ccccc1. The largest absolute Gasteiger partial charge is 0.480 e. The summed E-state index contributed by atoms with van der Waals surface area (Å²) < 4.78 is -0.810. The van der Waals surface area contributed by atoms with Crippen molar-refractivity contribution >= 4 is 62.4 Å². The summed E-state index contributed by atoms with van der Waals surface area (Å²) in [4.78, 5) is 68.5. The lowest BCUT2D eigenvalue weighted by Gasteiger charge is -2.27. The zero-order valence-electron chi connectivity index (χ0n) is 25.1. The molecular weight excluding hydrogens is 611 g/mol. The first-order chi connectivity index (χ1) is 21.5. The molecule has 11 heteroatoms. The molecule has 4 N–H and O–H groups in total.